The predicted octanol–water partition coefficient (Wildman–Crippen LogP) is 3.99. The lowest BCUT2D eigenvalue weighted by molar-refractivity contribution is 0.455. The maximum Gasteiger partial charge on any atom is 0.119 e. The average Bonchev–Trinajstić information content (AvgIpc) is 2.02. The third-order valence-electron chi connectivity index (χ3n) is 2.07. The van der Waals surface area contributed by atoms with Gasteiger partial charge < -0.3 is 5.11 Å². The van der Waals surface area contributed by atoms with E-state index in [2.05, 4.69) is 0 Å². The molecular formula is C11H12Cl2O. The van der Waals surface area contributed by atoms with E-state index in [1.165, 1.54) is 0 Å². The lowest BCUT2D eigenvalue weighted by atomic mass is 9.84. The van der Waals surface area contributed by atoms with E-state index < -0.39 is 0 Å². The van der Waals surface area contributed by atoms with E-state index in [0.29, 0.717) is 0 Å². The van der Waals surface area contributed by atoms with E-state index in [9.17, 15) is 5.11 Å². The lowest BCUT2D eigenvalue weighted by Gasteiger charge is -2.21. The van der Waals surface area contributed by atoms with Gasteiger partial charge >= 0.3 is 0 Å². The summed E-state index contributed by atoms with van der Waals surface area (Å²) in [4.78, 5) is 0. The van der Waals surface area contributed by atoms with Crippen LogP contribution in [0.25, 0.3) is 0 Å². The highest BCUT2D eigenvalue weighted by Crippen LogP contribution is 2.33. The van der Waals surface area contributed by atoms with Crippen molar-refractivity contribution < 1.29 is 5.11 Å². The molecule has 0 unspecified atom stereocenters. The summed E-state index contributed by atoms with van der Waals surface area (Å²) in [7, 11) is 0. The van der Waals surface area contributed by atoms with Gasteiger partial charge in [-0.1, -0.05) is 55.2 Å². The Hall–Kier alpha value is -0.660. The summed E-state index contributed by atoms with van der Waals surface area (Å²) < 4.78 is 0.207. The largest absolute Gasteiger partial charge is 0.508 e. The number of allylic oxidation sites excluding steroid dienone is 1. The van der Waals surface area contributed by atoms with Gasteiger partial charge in [-0.2, -0.15) is 0 Å². The van der Waals surface area contributed by atoms with Crippen LogP contribution in [0.5, 0.6) is 5.75 Å². The molecule has 1 rings (SSSR count). The number of phenolic OH excluding ortho intramolecular Hbond substituents is 1. The van der Waals surface area contributed by atoms with Gasteiger partial charge in [-0.15, -0.1) is 0 Å². The minimum atomic E-state index is -0.371. The van der Waals surface area contributed by atoms with Crippen LogP contribution in [0.4, 0.5) is 0 Å². The van der Waals surface area contributed by atoms with E-state index >= 15 is 0 Å². The van der Waals surface area contributed by atoms with Gasteiger partial charge in [0, 0.05) is 11.0 Å². The van der Waals surface area contributed by atoms with Crippen molar-refractivity contribution in [3.63, 3.8) is 0 Å². The van der Waals surface area contributed by atoms with Crippen molar-refractivity contribution in [3.05, 3.63) is 40.4 Å². The Morgan fingerprint density at radius 1 is 1.29 bits per heavy atom. The highest BCUT2D eigenvalue weighted by atomic mass is 35.5. The predicted molar refractivity (Wildman–Crippen MR) is 60.9 cm³/mol. The highest BCUT2D eigenvalue weighted by molar-refractivity contribution is 6.55. The molecule has 0 fully saturated rings. The minimum Gasteiger partial charge on any atom is -0.508 e. The standard InChI is InChI=1S/C11H12Cl2O/c1-11(2,7-10(12)13)8-5-3-4-6-9(8)14/h3-7,14H,1-2H3. The van der Waals surface area contributed by atoms with Gasteiger partial charge in [0.1, 0.15) is 10.2 Å². The molecule has 0 saturated carbocycles. The van der Waals surface area contributed by atoms with E-state index in [1.807, 2.05) is 26.0 Å². The highest BCUT2D eigenvalue weighted by Gasteiger charge is 2.21. The molecule has 0 atom stereocenters. The monoisotopic (exact) mass is 230 g/mol. The van der Waals surface area contributed by atoms with Crippen molar-refractivity contribution in [2.75, 3.05) is 0 Å². The summed E-state index contributed by atoms with van der Waals surface area (Å²) in [6, 6.07) is 7.14. The molecule has 1 nitrogen and oxygen atoms in total. The lowest BCUT2D eigenvalue weighted by Crippen LogP contribution is -2.13. The molecule has 76 valence electrons. The smallest absolute Gasteiger partial charge is 0.119 e. The van der Waals surface area contributed by atoms with Gasteiger partial charge in [0.15, 0.2) is 0 Å². The zero-order valence-electron chi connectivity index (χ0n) is 8.09. The molecule has 0 bridgehead atoms. The minimum absolute atomic E-state index is 0.207. The Bertz CT molecular complexity index is 352. The summed E-state index contributed by atoms with van der Waals surface area (Å²) >= 11 is 11.2. The maximum atomic E-state index is 9.64. The summed E-state index contributed by atoms with van der Waals surface area (Å²) in [5.41, 5.74) is 0.434. The average molecular weight is 231 g/mol. The molecule has 1 N–H and O–H groups in total. The number of rotatable bonds is 2. The Labute approximate surface area is 94.0 Å². The maximum absolute atomic E-state index is 9.64. The fourth-order valence-corrected chi connectivity index (χ4v) is 1.91. The van der Waals surface area contributed by atoms with Crippen molar-refractivity contribution in [3.8, 4) is 5.75 Å². The first-order valence-corrected chi connectivity index (χ1v) is 5.01. The first-order chi connectivity index (χ1) is 6.43. The van der Waals surface area contributed by atoms with Crippen molar-refractivity contribution in [1.82, 2.24) is 0 Å². The molecule has 0 aliphatic heterocycles. The first kappa shape index (κ1) is 11.4. The molecular weight excluding hydrogens is 219 g/mol. The molecule has 0 aliphatic carbocycles. The van der Waals surface area contributed by atoms with Gasteiger partial charge in [-0.25, -0.2) is 0 Å². The van der Waals surface area contributed by atoms with Gasteiger partial charge in [-0.05, 0) is 12.1 Å². The third kappa shape index (κ3) is 2.66. The molecule has 0 saturated heterocycles. The zero-order valence-corrected chi connectivity index (χ0v) is 9.60. The van der Waals surface area contributed by atoms with Crippen LogP contribution in [0.15, 0.2) is 34.8 Å². The van der Waals surface area contributed by atoms with E-state index in [4.69, 9.17) is 23.2 Å². The van der Waals surface area contributed by atoms with E-state index in [1.54, 1.807) is 18.2 Å². The van der Waals surface area contributed by atoms with Crippen molar-refractivity contribution in [1.29, 1.82) is 0 Å². The van der Waals surface area contributed by atoms with Gasteiger partial charge in [-0.3, -0.25) is 0 Å². The van der Waals surface area contributed by atoms with Crippen LogP contribution in [0.3, 0.4) is 0 Å². The number of aromatic hydroxyl groups is 1. The molecule has 1 aromatic rings. The Morgan fingerprint density at radius 3 is 2.36 bits per heavy atom. The molecule has 0 heterocycles. The second-order valence-electron chi connectivity index (χ2n) is 3.67. The summed E-state index contributed by atoms with van der Waals surface area (Å²) in [6.45, 7) is 3.87. The van der Waals surface area contributed by atoms with Crippen molar-refractivity contribution in [2.45, 2.75) is 19.3 Å². The number of hydrogen-bond donors (Lipinski definition) is 1. The summed E-state index contributed by atoms with van der Waals surface area (Å²) in [5, 5.41) is 9.64. The van der Waals surface area contributed by atoms with Crippen LogP contribution in [0, 0.1) is 0 Å². The summed E-state index contributed by atoms with van der Waals surface area (Å²) in [6.07, 6.45) is 1.70. The number of halogens is 2. The summed E-state index contributed by atoms with van der Waals surface area (Å²) in [5.74, 6) is 0.253. The Morgan fingerprint density at radius 2 is 1.86 bits per heavy atom. The van der Waals surface area contributed by atoms with Crippen LogP contribution in [-0.4, -0.2) is 5.11 Å². The van der Waals surface area contributed by atoms with E-state index in [0.717, 1.165) is 5.56 Å². The van der Waals surface area contributed by atoms with Crippen LogP contribution in [0.2, 0.25) is 0 Å². The van der Waals surface area contributed by atoms with Crippen LogP contribution in [-0.2, 0) is 5.41 Å². The quantitative estimate of drug-likeness (QED) is 0.815. The molecule has 0 spiro atoms. The number of benzene rings is 1. The number of phenols is 1. The van der Waals surface area contributed by atoms with Crippen LogP contribution in [0.1, 0.15) is 19.4 Å². The zero-order chi connectivity index (χ0) is 10.8. The second-order valence-corrected chi connectivity index (χ2v) is 4.68. The topological polar surface area (TPSA) is 20.2 Å². The van der Waals surface area contributed by atoms with Crippen LogP contribution < -0.4 is 0 Å². The fourth-order valence-electron chi connectivity index (χ4n) is 1.37. The molecule has 14 heavy (non-hydrogen) atoms. The van der Waals surface area contributed by atoms with Gasteiger partial charge in [0.2, 0.25) is 0 Å². The van der Waals surface area contributed by atoms with Crippen molar-refractivity contribution in [2.24, 2.45) is 0 Å². The normalized spacial score (nSPS) is 11.1. The van der Waals surface area contributed by atoms with E-state index in [-0.39, 0.29) is 15.7 Å². The molecule has 0 radical (unpaired) electrons. The SMILES string of the molecule is CC(C)(C=C(Cl)Cl)c1ccccc1O. The van der Waals surface area contributed by atoms with Crippen LogP contribution >= 0.6 is 23.2 Å². The molecule has 0 amide bonds. The van der Waals surface area contributed by atoms with Gasteiger partial charge in [0.05, 0.1) is 0 Å². The molecule has 3 heteroatoms. The van der Waals surface area contributed by atoms with Gasteiger partial charge in [0.25, 0.3) is 0 Å². The molecule has 0 aliphatic rings. The third-order valence-corrected chi connectivity index (χ3v) is 2.29. The Kier molecular flexibility index (Phi) is 3.46. The molecule has 0 aromatic heterocycles. The Balaban J connectivity index is 3.16. The number of hydrogen-bond acceptors (Lipinski definition) is 1. The molecule has 1 aromatic carbocycles. The second kappa shape index (κ2) is 4.24. The number of para-hydroxylation sites is 1. The van der Waals surface area contributed by atoms with Crippen molar-refractivity contribution >= 4 is 23.2 Å². The fraction of sp³-hybridized carbons (Fsp3) is 0.273. The first-order valence-electron chi connectivity index (χ1n) is 4.26.